The van der Waals surface area contributed by atoms with Crippen LogP contribution in [0.5, 0.6) is 0 Å². The number of benzene rings is 1. The quantitative estimate of drug-likeness (QED) is 0.828. The highest BCUT2D eigenvalue weighted by Gasteiger charge is 2.12. The Bertz CT molecular complexity index is 437. The Morgan fingerprint density at radius 3 is 2.68 bits per heavy atom. The number of halogens is 2. The van der Waals surface area contributed by atoms with Gasteiger partial charge in [0.25, 0.3) is 0 Å². The van der Waals surface area contributed by atoms with E-state index in [1.165, 1.54) is 0 Å². The summed E-state index contributed by atoms with van der Waals surface area (Å²) in [5, 5.41) is 6.77. The van der Waals surface area contributed by atoms with Gasteiger partial charge in [-0.1, -0.05) is 41.4 Å². The van der Waals surface area contributed by atoms with Gasteiger partial charge in [-0.25, -0.2) is 0 Å². The van der Waals surface area contributed by atoms with Crippen molar-refractivity contribution >= 4 is 33.4 Å². The number of rotatable bonds is 6. The van der Waals surface area contributed by atoms with E-state index in [0.29, 0.717) is 24.0 Å². The maximum Gasteiger partial charge on any atom is 0.236 e. The van der Waals surface area contributed by atoms with Crippen LogP contribution in [0.25, 0.3) is 0 Å². The molecule has 1 amide bonds. The normalized spacial score (nSPS) is 12.5. The summed E-state index contributed by atoms with van der Waals surface area (Å²) in [6, 6.07) is 5.44. The molecule has 0 bridgehead atoms. The van der Waals surface area contributed by atoms with Crippen molar-refractivity contribution in [1.29, 1.82) is 0 Å². The Balaban J connectivity index is 2.47. The van der Waals surface area contributed by atoms with Crippen LogP contribution in [0.2, 0.25) is 5.02 Å². The number of amides is 1. The molecule has 0 fully saturated rings. The highest BCUT2D eigenvalue weighted by atomic mass is 79.9. The summed E-state index contributed by atoms with van der Waals surface area (Å²) in [5.41, 5.74) is 0.972. The predicted molar refractivity (Wildman–Crippen MR) is 83.3 cm³/mol. The van der Waals surface area contributed by atoms with Crippen LogP contribution in [-0.4, -0.2) is 18.5 Å². The lowest BCUT2D eigenvalue weighted by Gasteiger charge is -2.15. The largest absolute Gasteiger partial charge is 0.354 e. The third-order valence-corrected chi connectivity index (χ3v) is 3.55. The van der Waals surface area contributed by atoms with E-state index in [4.69, 9.17) is 11.6 Å². The topological polar surface area (TPSA) is 41.1 Å². The van der Waals surface area contributed by atoms with Crippen molar-refractivity contribution in [2.24, 2.45) is 5.92 Å². The molecule has 0 spiro atoms. The first-order valence-electron chi connectivity index (χ1n) is 6.35. The molecule has 0 radical (unpaired) electrons. The minimum atomic E-state index is -0.242. The van der Waals surface area contributed by atoms with Gasteiger partial charge in [0.05, 0.1) is 6.04 Å². The van der Waals surface area contributed by atoms with Gasteiger partial charge in [-0.05, 0) is 36.6 Å². The Morgan fingerprint density at radius 2 is 2.05 bits per heavy atom. The van der Waals surface area contributed by atoms with Crippen LogP contribution in [-0.2, 0) is 11.3 Å². The molecule has 0 aliphatic heterocycles. The smallest absolute Gasteiger partial charge is 0.236 e. The number of hydrogen-bond donors (Lipinski definition) is 2. The first-order valence-corrected chi connectivity index (χ1v) is 7.52. The third kappa shape index (κ3) is 5.93. The fraction of sp³-hybridized carbons (Fsp3) is 0.500. The molecule has 0 heterocycles. The van der Waals surface area contributed by atoms with Crippen LogP contribution in [0.15, 0.2) is 22.7 Å². The summed E-state index contributed by atoms with van der Waals surface area (Å²) < 4.78 is 0.977. The molecule has 0 saturated carbocycles. The molecule has 0 aliphatic carbocycles. The monoisotopic (exact) mass is 346 g/mol. The van der Waals surface area contributed by atoms with Crippen molar-refractivity contribution in [2.45, 2.75) is 33.4 Å². The average molecular weight is 348 g/mol. The van der Waals surface area contributed by atoms with Gasteiger partial charge in [-0.2, -0.15) is 0 Å². The average Bonchev–Trinajstić information content (AvgIpc) is 2.36. The lowest BCUT2D eigenvalue weighted by molar-refractivity contribution is -0.122. The molecule has 19 heavy (non-hydrogen) atoms. The van der Waals surface area contributed by atoms with Gasteiger partial charge in [-0.15, -0.1) is 0 Å². The molecule has 0 aliphatic rings. The molecular weight excluding hydrogens is 328 g/mol. The zero-order chi connectivity index (χ0) is 14.4. The number of hydrogen-bond acceptors (Lipinski definition) is 2. The van der Waals surface area contributed by atoms with Crippen molar-refractivity contribution in [3.8, 4) is 0 Å². The van der Waals surface area contributed by atoms with E-state index in [-0.39, 0.29) is 11.9 Å². The third-order valence-electron chi connectivity index (χ3n) is 2.68. The Labute approximate surface area is 128 Å². The molecule has 1 aromatic carbocycles. The van der Waals surface area contributed by atoms with Crippen molar-refractivity contribution in [1.82, 2.24) is 10.6 Å². The van der Waals surface area contributed by atoms with Crippen LogP contribution < -0.4 is 10.6 Å². The van der Waals surface area contributed by atoms with E-state index in [1.807, 2.05) is 25.1 Å². The van der Waals surface area contributed by atoms with E-state index in [0.717, 1.165) is 10.0 Å². The fourth-order valence-electron chi connectivity index (χ4n) is 1.49. The van der Waals surface area contributed by atoms with Gasteiger partial charge in [0.15, 0.2) is 0 Å². The Morgan fingerprint density at radius 1 is 1.37 bits per heavy atom. The van der Waals surface area contributed by atoms with Gasteiger partial charge in [0, 0.05) is 22.6 Å². The molecule has 3 nitrogen and oxygen atoms in total. The molecule has 0 saturated heterocycles. The molecular formula is C14H20BrClN2O. The summed E-state index contributed by atoms with van der Waals surface area (Å²) in [7, 11) is 0. The minimum Gasteiger partial charge on any atom is -0.354 e. The van der Waals surface area contributed by atoms with Crippen LogP contribution in [0.3, 0.4) is 0 Å². The SMILES string of the molecule is CC(C)CNC(=O)C(C)NCc1cc(Br)ccc1Cl. The van der Waals surface area contributed by atoms with Crippen LogP contribution in [0, 0.1) is 5.92 Å². The van der Waals surface area contributed by atoms with Crippen LogP contribution >= 0.6 is 27.5 Å². The molecule has 5 heteroatoms. The van der Waals surface area contributed by atoms with Crippen LogP contribution in [0.4, 0.5) is 0 Å². The second kappa shape index (κ2) is 7.88. The summed E-state index contributed by atoms with van der Waals surface area (Å²) in [6.07, 6.45) is 0. The fourth-order valence-corrected chi connectivity index (χ4v) is 2.09. The van der Waals surface area contributed by atoms with Gasteiger partial charge >= 0.3 is 0 Å². The maximum atomic E-state index is 11.8. The Kier molecular flexibility index (Phi) is 6.83. The van der Waals surface area contributed by atoms with Crippen molar-refractivity contribution in [3.05, 3.63) is 33.3 Å². The first kappa shape index (κ1) is 16.5. The van der Waals surface area contributed by atoms with Crippen LogP contribution in [0.1, 0.15) is 26.3 Å². The number of carbonyl (C=O) groups excluding carboxylic acids is 1. The lowest BCUT2D eigenvalue weighted by Crippen LogP contribution is -2.43. The summed E-state index contributed by atoms with van der Waals surface area (Å²) in [5.74, 6) is 0.468. The minimum absolute atomic E-state index is 0.0137. The lowest BCUT2D eigenvalue weighted by atomic mass is 10.2. The molecule has 1 rings (SSSR count). The second-order valence-electron chi connectivity index (χ2n) is 4.98. The first-order chi connectivity index (χ1) is 8.90. The van der Waals surface area contributed by atoms with Gasteiger partial charge in [0.1, 0.15) is 0 Å². The van der Waals surface area contributed by atoms with E-state index in [2.05, 4.69) is 40.4 Å². The highest BCUT2D eigenvalue weighted by Crippen LogP contribution is 2.20. The highest BCUT2D eigenvalue weighted by molar-refractivity contribution is 9.10. The van der Waals surface area contributed by atoms with Gasteiger partial charge < -0.3 is 10.6 Å². The number of nitrogens with one attached hydrogen (secondary N) is 2. The van der Waals surface area contributed by atoms with E-state index in [9.17, 15) is 4.79 Å². The molecule has 1 aromatic rings. The van der Waals surface area contributed by atoms with E-state index >= 15 is 0 Å². The van der Waals surface area contributed by atoms with E-state index < -0.39 is 0 Å². The molecule has 0 aromatic heterocycles. The maximum absolute atomic E-state index is 11.8. The number of carbonyl (C=O) groups is 1. The molecule has 106 valence electrons. The summed E-state index contributed by atoms with van der Waals surface area (Å²) >= 11 is 9.51. The Hall–Kier alpha value is -0.580. The standard InChI is InChI=1S/C14H20BrClN2O/c1-9(2)7-18-14(19)10(3)17-8-11-6-12(15)4-5-13(11)16/h4-6,9-10,17H,7-8H2,1-3H3,(H,18,19). The molecule has 1 atom stereocenters. The van der Waals surface area contributed by atoms with Gasteiger partial charge in [0.2, 0.25) is 5.91 Å². The predicted octanol–water partition coefficient (Wildman–Crippen LogP) is 3.35. The summed E-state index contributed by atoms with van der Waals surface area (Å²) in [6.45, 7) is 7.25. The van der Waals surface area contributed by atoms with Crippen molar-refractivity contribution in [3.63, 3.8) is 0 Å². The second-order valence-corrected chi connectivity index (χ2v) is 6.30. The van der Waals surface area contributed by atoms with E-state index in [1.54, 1.807) is 0 Å². The zero-order valence-electron chi connectivity index (χ0n) is 11.5. The molecule has 1 unspecified atom stereocenters. The van der Waals surface area contributed by atoms with Gasteiger partial charge in [-0.3, -0.25) is 4.79 Å². The van der Waals surface area contributed by atoms with Crippen molar-refractivity contribution < 1.29 is 4.79 Å². The van der Waals surface area contributed by atoms with Crippen molar-refractivity contribution in [2.75, 3.05) is 6.54 Å². The summed E-state index contributed by atoms with van der Waals surface area (Å²) in [4.78, 5) is 11.8. The molecule has 2 N–H and O–H groups in total. The zero-order valence-corrected chi connectivity index (χ0v) is 13.8.